The summed E-state index contributed by atoms with van der Waals surface area (Å²) < 4.78 is 6.88. The third-order valence-corrected chi connectivity index (χ3v) is 2.76. The molecular weight excluding hydrogens is 194 g/mol. The minimum absolute atomic E-state index is 0.0857. The number of nitrogens with zero attached hydrogens (tertiary/aromatic N) is 3. The molecule has 1 aromatic heterocycles. The highest BCUT2D eigenvalue weighted by atomic mass is 16.5. The predicted octanol–water partition coefficient (Wildman–Crippen LogP) is 0.907. The molecule has 15 heavy (non-hydrogen) atoms. The van der Waals surface area contributed by atoms with Crippen LogP contribution in [0, 0.1) is 5.92 Å². The summed E-state index contributed by atoms with van der Waals surface area (Å²) in [6.45, 7) is 4.01. The normalized spacial score (nSPS) is 17.9. The zero-order chi connectivity index (χ0) is 10.7. The topological polar surface area (TPSA) is 57.0 Å². The third kappa shape index (κ3) is 2.07. The Morgan fingerprint density at radius 1 is 1.60 bits per heavy atom. The van der Waals surface area contributed by atoms with E-state index in [0.29, 0.717) is 25.5 Å². The molecule has 0 atom stereocenters. The number of ether oxygens (including phenoxy) is 1. The van der Waals surface area contributed by atoms with Gasteiger partial charge < -0.3 is 4.74 Å². The second-order valence-corrected chi connectivity index (χ2v) is 3.69. The van der Waals surface area contributed by atoms with Crippen LogP contribution in [0.15, 0.2) is 6.20 Å². The molecule has 0 bridgehead atoms. The number of carbonyl (C=O) groups excluding carboxylic acids is 1. The highest BCUT2D eigenvalue weighted by Crippen LogP contribution is 2.19. The van der Waals surface area contributed by atoms with Gasteiger partial charge in [-0.1, -0.05) is 5.21 Å². The summed E-state index contributed by atoms with van der Waals surface area (Å²) in [7, 11) is 0. The van der Waals surface area contributed by atoms with E-state index < -0.39 is 0 Å². The van der Waals surface area contributed by atoms with Gasteiger partial charge in [-0.05, 0) is 19.8 Å². The van der Waals surface area contributed by atoms with Gasteiger partial charge in [0.25, 0.3) is 0 Å². The van der Waals surface area contributed by atoms with E-state index in [1.54, 1.807) is 10.9 Å². The predicted molar refractivity (Wildman–Crippen MR) is 53.6 cm³/mol. The summed E-state index contributed by atoms with van der Waals surface area (Å²) in [6.07, 6.45) is 3.18. The highest BCUT2D eigenvalue weighted by Gasteiger charge is 2.25. The fraction of sp³-hybridized carbons (Fsp3) is 0.700. The van der Waals surface area contributed by atoms with Crippen molar-refractivity contribution in [1.82, 2.24) is 15.0 Å². The number of Topliss-reactive ketones (excluding diaryl/α,β-unsaturated/α-hetero) is 1. The molecule has 1 aliphatic rings. The molecule has 0 aliphatic carbocycles. The van der Waals surface area contributed by atoms with Crippen molar-refractivity contribution in [1.29, 1.82) is 0 Å². The zero-order valence-corrected chi connectivity index (χ0v) is 8.85. The third-order valence-electron chi connectivity index (χ3n) is 2.76. The summed E-state index contributed by atoms with van der Waals surface area (Å²) in [4.78, 5) is 12.1. The molecular formula is C10H15N3O2. The maximum absolute atomic E-state index is 12.1. The number of hydrogen-bond donors (Lipinski definition) is 0. The Kier molecular flexibility index (Phi) is 3.11. The van der Waals surface area contributed by atoms with E-state index in [0.717, 1.165) is 12.8 Å². The van der Waals surface area contributed by atoms with Crippen LogP contribution in [0.5, 0.6) is 0 Å². The first-order valence-corrected chi connectivity index (χ1v) is 5.33. The second kappa shape index (κ2) is 4.53. The molecule has 0 amide bonds. The highest BCUT2D eigenvalue weighted by molar-refractivity contribution is 5.96. The van der Waals surface area contributed by atoms with Crippen molar-refractivity contribution in [3.63, 3.8) is 0 Å². The quantitative estimate of drug-likeness (QED) is 0.694. The van der Waals surface area contributed by atoms with Crippen molar-refractivity contribution in [3.8, 4) is 0 Å². The van der Waals surface area contributed by atoms with Crippen molar-refractivity contribution in [3.05, 3.63) is 11.9 Å². The van der Waals surface area contributed by atoms with Crippen molar-refractivity contribution in [2.75, 3.05) is 13.2 Å². The molecule has 2 heterocycles. The second-order valence-electron chi connectivity index (χ2n) is 3.69. The van der Waals surface area contributed by atoms with E-state index in [-0.39, 0.29) is 11.7 Å². The van der Waals surface area contributed by atoms with Gasteiger partial charge in [0.2, 0.25) is 0 Å². The lowest BCUT2D eigenvalue weighted by Crippen LogP contribution is -2.25. The fourth-order valence-electron chi connectivity index (χ4n) is 1.85. The van der Waals surface area contributed by atoms with Crippen LogP contribution in [0.3, 0.4) is 0 Å². The number of aryl methyl sites for hydroxylation is 1. The SMILES string of the molecule is CCn1nncc1C(=O)C1CCOCC1. The van der Waals surface area contributed by atoms with E-state index in [9.17, 15) is 4.79 Å². The van der Waals surface area contributed by atoms with E-state index in [2.05, 4.69) is 10.3 Å². The average molecular weight is 209 g/mol. The molecule has 1 aromatic rings. The summed E-state index contributed by atoms with van der Waals surface area (Å²) in [5, 5.41) is 7.63. The van der Waals surface area contributed by atoms with Gasteiger partial charge in [0, 0.05) is 25.7 Å². The molecule has 0 unspecified atom stereocenters. The molecule has 0 radical (unpaired) electrons. The molecule has 1 fully saturated rings. The van der Waals surface area contributed by atoms with E-state index >= 15 is 0 Å². The van der Waals surface area contributed by atoms with Crippen LogP contribution in [0.2, 0.25) is 0 Å². The Balaban J connectivity index is 2.12. The van der Waals surface area contributed by atoms with Crippen LogP contribution >= 0.6 is 0 Å². The number of carbonyl (C=O) groups is 1. The molecule has 2 rings (SSSR count). The first-order valence-electron chi connectivity index (χ1n) is 5.33. The first-order chi connectivity index (χ1) is 7.33. The summed E-state index contributed by atoms with van der Waals surface area (Å²) in [6, 6.07) is 0. The van der Waals surface area contributed by atoms with Gasteiger partial charge in [-0.25, -0.2) is 4.68 Å². The molecule has 0 N–H and O–H groups in total. The monoisotopic (exact) mass is 209 g/mol. The smallest absolute Gasteiger partial charge is 0.185 e. The standard InChI is InChI=1S/C10H15N3O2/c1-2-13-9(7-11-12-13)10(14)8-3-5-15-6-4-8/h7-8H,2-6H2,1H3. The Morgan fingerprint density at radius 2 is 2.33 bits per heavy atom. The summed E-state index contributed by atoms with van der Waals surface area (Å²) >= 11 is 0. The van der Waals surface area contributed by atoms with Crippen LogP contribution in [0.4, 0.5) is 0 Å². The van der Waals surface area contributed by atoms with E-state index in [1.165, 1.54) is 0 Å². The molecule has 1 saturated heterocycles. The van der Waals surface area contributed by atoms with Gasteiger partial charge in [0.05, 0.1) is 6.20 Å². The lowest BCUT2D eigenvalue weighted by molar-refractivity contribution is 0.0538. The minimum Gasteiger partial charge on any atom is -0.381 e. The van der Waals surface area contributed by atoms with Gasteiger partial charge in [-0.15, -0.1) is 5.10 Å². The van der Waals surface area contributed by atoms with Crippen molar-refractivity contribution in [2.24, 2.45) is 5.92 Å². The van der Waals surface area contributed by atoms with Crippen LogP contribution in [-0.2, 0) is 11.3 Å². The van der Waals surface area contributed by atoms with Gasteiger partial charge in [-0.2, -0.15) is 0 Å². The maximum atomic E-state index is 12.1. The minimum atomic E-state index is 0.0857. The molecule has 82 valence electrons. The van der Waals surface area contributed by atoms with E-state index in [4.69, 9.17) is 4.74 Å². The average Bonchev–Trinajstić information content (AvgIpc) is 2.77. The fourth-order valence-corrected chi connectivity index (χ4v) is 1.85. The van der Waals surface area contributed by atoms with Gasteiger partial charge in [0.1, 0.15) is 5.69 Å². The van der Waals surface area contributed by atoms with Crippen LogP contribution in [0.25, 0.3) is 0 Å². The Hall–Kier alpha value is -1.23. The molecule has 5 nitrogen and oxygen atoms in total. The zero-order valence-electron chi connectivity index (χ0n) is 8.85. The Morgan fingerprint density at radius 3 is 3.00 bits per heavy atom. The molecule has 0 aromatic carbocycles. The number of ketones is 1. The van der Waals surface area contributed by atoms with Crippen molar-refractivity contribution in [2.45, 2.75) is 26.3 Å². The molecule has 5 heteroatoms. The first kappa shape index (κ1) is 10.3. The summed E-state index contributed by atoms with van der Waals surface area (Å²) in [5.74, 6) is 0.243. The Bertz CT molecular complexity index is 342. The van der Waals surface area contributed by atoms with E-state index in [1.807, 2.05) is 6.92 Å². The van der Waals surface area contributed by atoms with Gasteiger partial charge >= 0.3 is 0 Å². The number of aromatic nitrogens is 3. The van der Waals surface area contributed by atoms with Crippen LogP contribution in [0.1, 0.15) is 30.3 Å². The largest absolute Gasteiger partial charge is 0.381 e. The van der Waals surface area contributed by atoms with Crippen LogP contribution < -0.4 is 0 Å². The van der Waals surface area contributed by atoms with Crippen molar-refractivity contribution >= 4 is 5.78 Å². The lowest BCUT2D eigenvalue weighted by atomic mass is 9.94. The lowest BCUT2D eigenvalue weighted by Gasteiger charge is -2.20. The molecule has 0 spiro atoms. The number of rotatable bonds is 3. The van der Waals surface area contributed by atoms with Gasteiger partial charge in [0.15, 0.2) is 5.78 Å². The maximum Gasteiger partial charge on any atom is 0.185 e. The molecule has 1 aliphatic heterocycles. The van der Waals surface area contributed by atoms with Crippen molar-refractivity contribution < 1.29 is 9.53 Å². The number of hydrogen-bond acceptors (Lipinski definition) is 4. The van der Waals surface area contributed by atoms with Gasteiger partial charge in [-0.3, -0.25) is 4.79 Å². The summed E-state index contributed by atoms with van der Waals surface area (Å²) in [5.41, 5.74) is 0.629. The molecule has 0 saturated carbocycles. The van der Waals surface area contributed by atoms with Crippen LogP contribution in [-0.4, -0.2) is 34.0 Å². The Labute approximate surface area is 88.4 Å².